The molecule has 0 aliphatic carbocycles. The highest BCUT2D eigenvalue weighted by Crippen LogP contribution is 2.31. The van der Waals surface area contributed by atoms with Crippen LogP contribution in [0.4, 0.5) is 4.79 Å². The number of hydrogen-bond acceptors (Lipinski definition) is 6. The molecular formula is C42H47N7O3. The first kappa shape index (κ1) is 36.1. The lowest BCUT2D eigenvalue weighted by atomic mass is 10.1. The van der Waals surface area contributed by atoms with Crippen LogP contribution in [0.2, 0.25) is 0 Å². The third-order valence-corrected chi connectivity index (χ3v) is 9.03. The van der Waals surface area contributed by atoms with E-state index in [1.54, 1.807) is 20.8 Å². The zero-order valence-electron chi connectivity index (χ0n) is 30.3. The lowest BCUT2D eigenvalue weighted by molar-refractivity contribution is -0.123. The van der Waals surface area contributed by atoms with Gasteiger partial charge in [-0.3, -0.25) is 14.8 Å². The summed E-state index contributed by atoms with van der Waals surface area (Å²) in [5, 5.41) is 13.5. The van der Waals surface area contributed by atoms with E-state index in [0.717, 1.165) is 71.7 Å². The van der Waals surface area contributed by atoms with Crippen LogP contribution in [0.3, 0.4) is 0 Å². The van der Waals surface area contributed by atoms with Crippen molar-refractivity contribution in [1.29, 1.82) is 0 Å². The molecule has 10 nitrogen and oxygen atoms in total. The number of aromatic nitrogens is 4. The first-order valence-corrected chi connectivity index (χ1v) is 18.0. The second-order valence-electron chi connectivity index (χ2n) is 14.2. The van der Waals surface area contributed by atoms with Crippen molar-refractivity contribution in [2.45, 2.75) is 70.6 Å². The van der Waals surface area contributed by atoms with Gasteiger partial charge in [-0.2, -0.15) is 5.10 Å². The van der Waals surface area contributed by atoms with Crippen molar-refractivity contribution in [1.82, 2.24) is 35.7 Å². The number of nitrogens with one attached hydrogen (secondary N) is 4. The molecule has 2 unspecified atom stereocenters. The average molecular weight is 698 g/mol. The molecule has 4 N–H and O–H groups in total. The van der Waals surface area contributed by atoms with Crippen LogP contribution in [-0.4, -0.2) is 62.8 Å². The number of carbonyl (C=O) groups excluding carboxylic acids is 2. The predicted octanol–water partition coefficient (Wildman–Crippen LogP) is 7.34. The summed E-state index contributed by atoms with van der Waals surface area (Å²) in [7, 11) is 2.17. The number of likely N-dealkylation sites (tertiary alicyclic amines) is 1. The van der Waals surface area contributed by atoms with E-state index in [4.69, 9.17) is 4.74 Å². The highest BCUT2D eigenvalue weighted by Gasteiger charge is 2.26. The normalized spacial score (nSPS) is 15.0. The Morgan fingerprint density at radius 2 is 1.65 bits per heavy atom. The fourth-order valence-electron chi connectivity index (χ4n) is 6.30. The van der Waals surface area contributed by atoms with Gasteiger partial charge >= 0.3 is 6.09 Å². The van der Waals surface area contributed by atoms with Crippen molar-refractivity contribution in [3.05, 3.63) is 119 Å². The van der Waals surface area contributed by atoms with Crippen molar-refractivity contribution < 1.29 is 14.3 Å². The third kappa shape index (κ3) is 9.77. The molecule has 0 spiro atoms. The van der Waals surface area contributed by atoms with Crippen LogP contribution < -0.4 is 10.6 Å². The van der Waals surface area contributed by atoms with E-state index in [1.165, 1.54) is 12.1 Å². The standard InChI is InChI=1S/C42H47N7O3/c1-42(2,3)52-41(51)46-39(33-11-6-5-7-12-33)40(50)43-25-9-8-14-38-44-28-36(45-38)32-23-19-30(20-24-32)16-15-29-17-21-31(22-18-29)34-27-35(48-47-34)37-13-10-26-49(37)4/h5-7,11-12,17-24,27-28,37,39H,8-10,13-14,25-26H2,1-4H3,(H,43,50)(H,44,45)(H,46,51)(H,47,48). The van der Waals surface area contributed by atoms with E-state index >= 15 is 0 Å². The lowest BCUT2D eigenvalue weighted by Crippen LogP contribution is -2.42. The molecule has 6 rings (SSSR count). The Morgan fingerprint density at radius 3 is 2.31 bits per heavy atom. The monoisotopic (exact) mass is 697 g/mol. The summed E-state index contributed by atoms with van der Waals surface area (Å²) >= 11 is 0. The van der Waals surface area contributed by atoms with Gasteiger partial charge in [0.05, 0.1) is 29.3 Å². The summed E-state index contributed by atoms with van der Waals surface area (Å²) in [6, 6.07) is 27.3. The fraction of sp³-hybridized carbons (Fsp3) is 0.333. The highest BCUT2D eigenvalue weighted by molar-refractivity contribution is 5.86. The highest BCUT2D eigenvalue weighted by atomic mass is 16.6. The van der Waals surface area contributed by atoms with Crippen LogP contribution in [0.15, 0.2) is 91.1 Å². The van der Waals surface area contributed by atoms with Gasteiger partial charge in [0.1, 0.15) is 17.5 Å². The second kappa shape index (κ2) is 16.6. The minimum atomic E-state index is -0.849. The number of H-pyrrole nitrogens is 2. The number of benzene rings is 3. The van der Waals surface area contributed by atoms with Crippen molar-refractivity contribution in [2.75, 3.05) is 20.1 Å². The van der Waals surface area contributed by atoms with Gasteiger partial charge in [0.15, 0.2) is 0 Å². The van der Waals surface area contributed by atoms with E-state index in [9.17, 15) is 9.59 Å². The number of imidazole rings is 1. The number of carbonyl (C=O) groups is 2. The number of nitrogens with zero attached hydrogens (tertiary/aromatic N) is 3. The number of alkyl carbamates (subject to hydrolysis) is 1. The van der Waals surface area contributed by atoms with E-state index in [-0.39, 0.29) is 5.91 Å². The van der Waals surface area contributed by atoms with Gasteiger partial charge in [-0.1, -0.05) is 66.4 Å². The van der Waals surface area contributed by atoms with Crippen molar-refractivity contribution in [2.24, 2.45) is 0 Å². The molecule has 0 saturated carbocycles. The Labute approximate surface area is 305 Å². The number of unbranched alkanes of at least 4 members (excludes halogenated alkanes) is 1. The molecule has 1 aliphatic heterocycles. The van der Waals surface area contributed by atoms with Gasteiger partial charge in [0, 0.05) is 29.7 Å². The molecule has 3 heterocycles. The van der Waals surface area contributed by atoms with Crippen molar-refractivity contribution >= 4 is 12.0 Å². The van der Waals surface area contributed by atoms with Crippen LogP contribution in [0.5, 0.6) is 0 Å². The van der Waals surface area contributed by atoms with Crippen LogP contribution in [0, 0.1) is 11.8 Å². The van der Waals surface area contributed by atoms with Crippen LogP contribution in [0.25, 0.3) is 22.5 Å². The maximum atomic E-state index is 13.1. The average Bonchev–Trinajstić information content (AvgIpc) is 3.91. The zero-order valence-corrected chi connectivity index (χ0v) is 30.3. The maximum Gasteiger partial charge on any atom is 0.408 e. The molecule has 2 amide bonds. The van der Waals surface area contributed by atoms with Gasteiger partial charge in [-0.25, -0.2) is 9.78 Å². The minimum Gasteiger partial charge on any atom is -0.444 e. The molecule has 52 heavy (non-hydrogen) atoms. The second-order valence-corrected chi connectivity index (χ2v) is 14.2. The molecule has 268 valence electrons. The van der Waals surface area contributed by atoms with Gasteiger partial charge in [-0.15, -0.1) is 0 Å². The third-order valence-electron chi connectivity index (χ3n) is 9.03. The summed E-state index contributed by atoms with van der Waals surface area (Å²) in [5.74, 6) is 7.15. The molecule has 1 saturated heterocycles. The molecule has 0 radical (unpaired) electrons. The Morgan fingerprint density at radius 1 is 0.962 bits per heavy atom. The van der Waals surface area contributed by atoms with Crippen LogP contribution >= 0.6 is 0 Å². The zero-order chi connectivity index (χ0) is 36.5. The molecule has 10 heteroatoms. The molecule has 1 fully saturated rings. The summed E-state index contributed by atoms with van der Waals surface area (Å²) in [6.45, 7) is 6.96. The van der Waals surface area contributed by atoms with E-state index in [0.29, 0.717) is 18.2 Å². The summed E-state index contributed by atoms with van der Waals surface area (Å²) < 4.78 is 5.38. The number of amides is 2. The first-order valence-electron chi connectivity index (χ1n) is 18.0. The maximum absolute atomic E-state index is 13.1. The Balaban J connectivity index is 0.957. The van der Waals surface area contributed by atoms with Crippen LogP contribution in [0.1, 0.15) is 86.7 Å². The molecule has 5 aromatic rings. The Bertz CT molecular complexity index is 2000. The Hall–Kier alpha value is -5.66. The number of aryl methyl sites for hydroxylation is 1. The largest absolute Gasteiger partial charge is 0.444 e. The smallest absolute Gasteiger partial charge is 0.408 e. The summed E-state index contributed by atoms with van der Waals surface area (Å²) in [5.41, 5.74) is 7.09. The van der Waals surface area contributed by atoms with Gasteiger partial charge < -0.3 is 20.4 Å². The van der Waals surface area contributed by atoms with Crippen LogP contribution in [-0.2, 0) is 16.0 Å². The molecule has 0 bridgehead atoms. The van der Waals surface area contributed by atoms with Crippen molar-refractivity contribution in [3.8, 4) is 34.4 Å². The lowest BCUT2D eigenvalue weighted by Gasteiger charge is -2.23. The quantitative estimate of drug-likeness (QED) is 0.0845. The van der Waals surface area contributed by atoms with E-state index in [1.807, 2.05) is 72.9 Å². The Kier molecular flexibility index (Phi) is 11.5. The van der Waals surface area contributed by atoms with E-state index < -0.39 is 17.7 Å². The molecular weight excluding hydrogens is 651 g/mol. The predicted molar refractivity (Wildman–Crippen MR) is 203 cm³/mol. The van der Waals surface area contributed by atoms with Gasteiger partial charge in [-0.05, 0) is 102 Å². The fourth-order valence-corrected chi connectivity index (χ4v) is 6.30. The number of aromatic amines is 2. The van der Waals surface area contributed by atoms with E-state index in [2.05, 4.69) is 72.8 Å². The number of hydrogen-bond donors (Lipinski definition) is 4. The molecule has 1 aliphatic rings. The number of ether oxygens (including phenoxy) is 1. The topological polar surface area (TPSA) is 128 Å². The molecule has 3 aromatic carbocycles. The molecule has 2 aromatic heterocycles. The molecule has 2 atom stereocenters. The van der Waals surface area contributed by atoms with Gasteiger partial charge in [0.2, 0.25) is 5.91 Å². The number of rotatable bonds is 11. The van der Waals surface area contributed by atoms with Gasteiger partial charge in [0.25, 0.3) is 0 Å². The van der Waals surface area contributed by atoms with Crippen molar-refractivity contribution in [3.63, 3.8) is 0 Å². The summed E-state index contributed by atoms with van der Waals surface area (Å²) in [6.07, 6.45) is 5.93. The first-order chi connectivity index (χ1) is 25.1. The summed E-state index contributed by atoms with van der Waals surface area (Å²) in [4.78, 5) is 35.9. The SMILES string of the molecule is CN1CCCC1c1cc(-c2ccc(C#Cc3ccc(-c4cnc(CCCCNC(=O)C(NC(=O)OC(C)(C)C)c5ccccc5)[nH]4)cc3)cc2)n[nH]1. The minimum absolute atomic E-state index is 0.283.